The van der Waals surface area contributed by atoms with Gasteiger partial charge in [-0.25, -0.2) is 0 Å². The largest absolute Gasteiger partial charge is 0.288 e. The van der Waals surface area contributed by atoms with Crippen LogP contribution < -0.4 is 0 Å². The Hall–Kier alpha value is -0.500. The zero-order valence-corrected chi connectivity index (χ0v) is 8.70. The average molecular weight is 235 g/mol. The highest BCUT2D eigenvalue weighted by Crippen LogP contribution is 2.21. The highest BCUT2D eigenvalue weighted by atomic mass is 35.5. The first-order chi connectivity index (χ1) is 6.13. The van der Waals surface area contributed by atoms with Crippen LogP contribution in [-0.4, -0.2) is 5.78 Å². The molecular formula is C9H5Cl3O. The van der Waals surface area contributed by atoms with Gasteiger partial charge in [0.05, 0.1) is 0 Å². The number of hydrogen-bond donors (Lipinski definition) is 0. The summed E-state index contributed by atoms with van der Waals surface area (Å²) in [5.41, 5.74) is 0.464. The Morgan fingerprint density at radius 2 is 1.54 bits per heavy atom. The summed E-state index contributed by atoms with van der Waals surface area (Å²) < 4.78 is -0.212. The molecule has 0 aromatic heterocycles. The third-order valence-corrected chi connectivity index (χ3v) is 2.33. The molecule has 0 aliphatic rings. The van der Waals surface area contributed by atoms with Crippen LogP contribution in [0.1, 0.15) is 10.4 Å². The Morgan fingerprint density at radius 1 is 1.00 bits per heavy atom. The number of benzene rings is 1. The first kappa shape index (κ1) is 10.6. The number of carbonyl (C=O) groups is 1. The lowest BCUT2D eigenvalue weighted by Crippen LogP contribution is -1.98. The van der Waals surface area contributed by atoms with E-state index in [0.29, 0.717) is 5.56 Å². The molecule has 0 aliphatic heterocycles. The van der Waals surface area contributed by atoms with Gasteiger partial charge in [0.2, 0.25) is 5.78 Å². The smallest absolute Gasteiger partial charge is 0.206 e. The Balaban J connectivity index is 3.00. The van der Waals surface area contributed by atoms with Crippen molar-refractivity contribution in [2.45, 2.75) is 0 Å². The molecule has 0 spiro atoms. The molecule has 0 saturated carbocycles. The van der Waals surface area contributed by atoms with Gasteiger partial charge in [-0.2, -0.15) is 0 Å². The summed E-state index contributed by atoms with van der Waals surface area (Å²) in [5, 5.41) is -0.158. The lowest BCUT2D eigenvalue weighted by atomic mass is 10.1. The molecule has 1 aromatic rings. The minimum absolute atomic E-state index is 0.158. The van der Waals surface area contributed by atoms with E-state index in [-0.39, 0.29) is 15.3 Å². The summed E-state index contributed by atoms with van der Waals surface area (Å²) in [5.74, 6) is -0.373. The molecule has 4 heteroatoms. The predicted molar refractivity (Wildman–Crippen MR) is 55.4 cm³/mol. The number of carbonyl (C=O) groups excluding carboxylic acids is 1. The maximum Gasteiger partial charge on any atom is 0.206 e. The molecule has 0 saturated heterocycles. The van der Waals surface area contributed by atoms with Crippen LogP contribution >= 0.6 is 34.8 Å². The van der Waals surface area contributed by atoms with Gasteiger partial charge in [0.1, 0.15) is 9.52 Å². The highest BCUT2D eigenvalue weighted by Gasteiger charge is 2.12. The number of ketones is 1. The molecule has 0 amide bonds. The fraction of sp³-hybridized carbons (Fsp3) is 0. The molecule has 0 aliphatic carbocycles. The van der Waals surface area contributed by atoms with E-state index in [1.165, 1.54) is 0 Å². The molecule has 68 valence electrons. The third kappa shape index (κ3) is 2.73. The molecule has 1 aromatic carbocycles. The van der Waals surface area contributed by atoms with Gasteiger partial charge in [0.15, 0.2) is 0 Å². The fourth-order valence-electron chi connectivity index (χ4n) is 0.802. The predicted octanol–water partition coefficient (Wildman–Crippen LogP) is 3.75. The molecule has 1 nitrogen and oxygen atoms in total. The first-order valence-corrected chi connectivity index (χ1v) is 4.57. The standard InChI is InChI=1S/C9H5Cl3O/c10-7(9(11)12)8(13)6-4-2-1-3-5-6/h1-5H. The molecule has 0 unspecified atom stereocenters. The van der Waals surface area contributed by atoms with Crippen molar-refractivity contribution in [2.24, 2.45) is 0 Å². The van der Waals surface area contributed by atoms with Crippen molar-refractivity contribution in [1.29, 1.82) is 0 Å². The van der Waals surface area contributed by atoms with Crippen molar-refractivity contribution in [3.8, 4) is 0 Å². The molecule has 0 radical (unpaired) electrons. The zero-order chi connectivity index (χ0) is 9.84. The fourth-order valence-corrected chi connectivity index (χ4v) is 1.08. The van der Waals surface area contributed by atoms with E-state index in [1.54, 1.807) is 30.3 Å². The SMILES string of the molecule is O=C(C(Cl)=C(Cl)Cl)c1ccccc1. The normalized spacial score (nSPS) is 9.46. The van der Waals surface area contributed by atoms with Crippen molar-refractivity contribution in [2.75, 3.05) is 0 Å². The van der Waals surface area contributed by atoms with Gasteiger partial charge >= 0.3 is 0 Å². The van der Waals surface area contributed by atoms with E-state index >= 15 is 0 Å². The second kappa shape index (κ2) is 4.66. The molecule has 0 N–H and O–H groups in total. The van der Waals surface area contributed by atoms with E-state index in [9.17, 15) is 4.79 Å². The van der Waals surface area contributed by atoms with E-state index in [1.807, 2.05) is 0 Å². The summed E-state index contributed by atoms with van der Waals surface area (Å²) in [6.45, 7) is 0. The maximum absolute atomic E-state index is 11.4. The lowest BCUT2D eigenvalue weighted by Gasteiger charge is -1.97. The Morgan fingerprint density at radius 3 is 2.00 bits per heavy atom. The summed E-state index contributed by atoms with van der Waals surface area (Å²) >= 11 is 16.3. The monoisotopic (exact) mass is 234 g/mol. The van der Waals surface area contributed by atoms with Crippen molar-refractivity contribution in [1.82, 2.24) is 0 Å². The number of rotatable bonds is 2. The van der Waals surface area contributed by atoms with E-state index < -0.39 is 0 Å². The van der Waals surface area contributed by atoms with Crippen LogP contribution in [0.15, 0.2) is 39.9 Å². The molecule has 0 fully saturated rings. The topological polar surface area (TPSA) is 17.1 Å². The van der Waals surface area contributed by atoms with Crippen LogP contribution in [0.4, 0.5) is 0 Å². The van der Waals surface area contributed by atoms with Crippen LogP contribution in [-0.2, 0) is 0 Å². The van der Waals surface area contributed by atoms with Gasteiger partial charge < -0.3 is 0 Å². The van der Waals surface area contributed by atoms with E-state index in [0.717, 1.165) is 0 Å². The number of allylic oxidation sites excluding steroid dienone is 1. The maximum atomic E-state index is 11.4. The minimum atomic E-state index is -0.373. The van der Waals surface area contributed by atoms with Crippen molar-refractivity contribution in [3.05, 3.63) is 45.4 Å². The highest BCUT2D eigenvalue weighted by molar-refractivity contribution is 6.63. The number of halogens is 3. The van der Waals surface area contributed by atoms with Gasteiger partial charge in [-0.3, -0.25) is 4.79 Å². The quantitative estimate of drug-likeness (QED) is 0.563. The molecule has 13 heavy (non-hydrogen) atoms. The molecular weight excluding hydrogens is 230 g/mol. The minimum Gasteiger partial charge on any atom is -0.288 e. The summed E-state index contributed by atoms with van der Waals surface area (Å²) in [4.78, 5) is 11.4. The van der Waals surface area contributed by atoms with Crippen molar-refractivity contribution >= 4 is 40.6 Å². The number of Topliss-reactive ketones (excluding diaryl/α,β-unsaturated/α-hetero) is 1. The molecule has 1 rings (SSSR count). The molecule has 0 heterocycles. The summed E-state index contributed by atoms with van der Waals surface area (Å²) in [6, 6.07) is 8.55. The van der Waals surface area contributed by atoms with Gasteiger partial charge in [-0.15, -0.1) is 0 Å². The average Bonchev–Trinajstić information content (AvgIpc) is 2.17. The van der Waals surface area contributed by atoms with Crippen LogP contribution in [0.2, 0.25) is 0 Å². The van der Waals surface area contributed by atoms with Crippen molar-refractivity contribution < 1.29 is 4.79 Å². The number of hydrogen-bond acceptors (Lipinski definition) is 1. The van der Waals surface area contributed by atoms with Gasteiger partial charge in [0.25, 0.3) is 0 Å². The van der Waals surface area contributed by atoms with Gasteiger partial charge in [0, 0.05) is 5.56 Å². The third-order valence-electron chi connectivity index (χ3n) is 1.40. The lowest BCUT2D eigenvalue weighted by molar-refractivity contribution is 0.104. The van der Waals surface area contributed by atoms with E-state index in [2.05, 4.69) is 0 Å². The van der Waals surface area contributed by atoms with Crippen LogP contribution in [0.25, 0.3) is 0 Å². The van der Waals surface area contributed by atoms with Gasteiger partial charge in [-0.05, 0) is 0 Å². The summed E-state index contributed by atoms with van der Waals surface area (Å²) in [6.07, 6.45) is 0. The Kier molecular flexibility index (Phi) is 3.79. The van der Waals surface area contributed by atoms with E-state index in [4.69, 9.17) is 34.8 Å². The van der Waals surface area contributed by atoms with Crippen LogP contribution in [0.3, 0.4) is 0 Å². The van der Waals surface area contributed by atoms with Gasteiger partial charge in [-0.1, -0.05) is 65.1 Å². The Labute approximate surface area is 90.9 Å². The Bertz CT molecular complexity index is 339. The molecule has 0 atom stereocenters. The zero-order valence-electron chi connectivity index (χ0n) is 6.43. The first-order valence-electron chi connectivity index (χ1n) is 3.43. The molecule has 0 bridgehead atoms. The van der Waals surface area contributed by atoms with Crippen LogP contribution in [0.5, 0.6) is 0 Å². The van der Waals surface area contributed by atoms with Crippen LogP contribution in [0, 0.1) is 0 Å². The van der Waals surface area contributed by atoms with Crippen molar-refractivity contribution in [3.63, 3.8) is 0 Å². The second-order valence-electron chi connectivity index (χ2n) is 2.27. The summed E-state index contributed by atoms with van der Waals surface area (Å²) in [7, 11) is 0. The second-order valence-corrected chi connectivity index (χ2v) is 3.60.